The normalized spacial score (nSPS) is 31.5. The average Bonchev–Trinajstić information content (AvgIpc) is 2.44. The highest BCUT2D eigenvalue weighted by atomic mass is 16.1. The molecule has 1 saturated carbocycles. The number of rotatable bonds is 1. The molecule has 0 aromatic carbocycles. The van der Waals surface area contributed by atoms with Gasteiger partial charge in [-0.3, -0.25) is 9.69 Å². The lowest BCUT2D eigenvalue weighted by Crippen LogP contribution is -2.44. The summed E-state index contributed by atoms with van der Waals surface area (Å²) >= 11 is 0. The van der Waals surface area contributed by atoms with Crippen LogP contribution in [0, 0.1) is 0 Å². The Morgan fingerprint density at radius 1 is 1.07 bits per heavy atom. The molecule has 0 radical (unpaired) electrons. The molecule has 2 aliphatic rings. The summed E-state index contributed by atoms with van der Waals surface area (Å²) in [5.74, 6) is 0.491. The van der Waals surface area contributed by atoms with E-state index in [1.807, 2.05) is 0 Å². The van der Waals surface area contributed by atoms with Gasteiger partial charge in [0.1, 0.15) is 5.78 Å². The van der Waals surface area contributed by atoms with Crippen molar-refractivity contribution in [3.63, 3.8) is 0 Å². The standard InChI is InChI=1S/C12H22N2O/c1-13-7-4-8-14(10-9-13)11-5-2-3-6-12(11)15/h11H,2-10H2,1H3. The molecule has 0 aromatic rings. The van der Waals surface area contributed by atoms with Gasteiger partial charge in [0.2, 0.25) is 0 Å². The van der Waals surface area contributed by atoms with Crippen molar-refractivity contribution in [2.24, 2.45) is 0 Å². The molecule has 3 nitrogen and oxygen atoms in total. The van der Waals surface area contributed by atoms with Gasteiger partial charge < -0.3 is 4.90 Å². The summed E-state index contributed by atoms with van der Waals surface area (Å²) in [6.45, 7) is 4.48. The summed E-state index contributed by atoms with van der Waals surface area (Å²) in [4.78, 5) is 16.6. The van der Waals surface area contributed by atoms with Gasteiger partial charge >= 0.3 is 0 Å². The third-order valence-corrected chi connectivity index (χ3v) is 3.72. The van der Waals surface area contributed by atoms with Crippen LogP contribution in [0.15, 0.2) is 0 Å². The van der Waals surface area contributed by atoms with Gasteiger partial charge in [0, 0.05) is 26.1 Å². The highest BCUT2D eigenvalue weighted by Gasteiger charge is 2.28. The molecule has 1 aliphatic carbocycles. The Labute approximate surface area is 92.4 Å². The van der Waals surface area contributed by atoms with Crippen LogP contribution >= 0.6 is 0 Å². The first-order valence-corrected chi connectivity index (χ1v) is 6.22. The Morgan fingerprint density at radius 2 is 1.93 bits per heavy atom. The van der Waals surface area contributed by atoms with Crippen LogP contribution in [0.1, 0.15) is 32.1 Å². The maximum Gasteiger partial charge on any atom is 0.149 e. The first-order valence-electron chi connectivity index (χ1n) is 6.22. The Morgan fingerprint density at radius 3 is 2.73 bits per heavy atom. The predicted octanol–water partition coefficient (Wildman–Crippen LogP) is 1.14. The van der Waals surface area contributed by atoms with Crippen LogP contribution in [0.2, 0.25) is 0 Å². The van der Waals surface area contributed by atoms with Crippen LogP contribution in [0.25, 0.3) is 0 Å². The van der Waals surface area contributed by atoms with Crippen molar-refractivity contribution in [1.82, 2.24) is 9.80 Å². The van der Waals surface area contributed by atoms with Gasteiger partial charge in [-0.05, 0) is 32.9 Å². The fourth-order valence-electron chi connectivity index (χ4n) is 2.73. The van der Waals surface area contributed by atoms with Crippen molar-refractivity contribution < 1.29 is 4.79 Å². The Balaban J connectivity index is 1.93. The Kier molecular flexibility index (Phi) is 3.76. The Bertz CT molecular complexity index is 230. The fraction of sp³-hybridized carbons (Fsp3) is 0.917. The van der Waals surface area contributed by atoms with Gasteiger partial charge in [-0.2, -0.15) is 0 Å². The van der Waals surface area contributed by atoms with Crippen molar-refractivity contribution in [2.45, 2.75) is 38.1 Å². The molecule has 3 heteroatoms. The quantitative estimate of drug-likeness (QED) is 0.648. The van der Waals surface area contributed by atoms with Crippen LogP contribution in [-0.2, 0) is 4.79 Å². The van der Waals surface area contributed by atoms with Gasteiger partial charge in [0.25, 0.3) is 0 Å². The third-order valence-electron chi connectivity index (χ3n) is 3.72. The minimum absolute atomic E-state index is 0.255. The molecule has 86 valence electrons. The van der Waals surface area contributed by atoms with E-state index >= 15 is 0 Å². The van der Waals surface area contributed by atoms with E-state index in [2.05, 4.69) is 16.8 Å². The number of hydrogen-bond acceptors (Lipinski definition) is 3. The van der Waals surface area contributed by atoms with Gasteiger partial charge in [-0.1, -0.05) is 6.42 Å². The van der Waals surface area contributed by atoms with E-state index in [1.54, 1.807) is 0 Å². The molecular formula is C12H22N2O. The van der Waals surface area contributed by atoms with Gasteiger partial charge in [-0.25, -0.2) is 0 Å². The maximum absolute atomic E-state index is 11.8. The van der Waals surface area contributed by atoms with E-state index < -0.39 is 0 Å². The molecule has 2 fully saturated rings. The monoisotopic (exact) mass is 210 g/mol. The van der Waals surface area contributed by atoms with Crippen molar-refractivity contribution in [2.75, 3.05) is 33.2 Å². The number of ketones is 1. The molecule has 1 aliphatic heterocycles. The van der Waals surface area contributed by atoms with Crippen LogP contribution in [-0.4, -0.2) is 54.9 Å². The molecule has 1 atom stereocenters. The van der Waals surface area contributed by atoms with E-state index in [4.69, 9.17) is 0 Å². The lowest BCUT2D eigenvalue weighted by atomic mass is 9.93. The summed E-state index contributed by atoms with van der Waals surface area (Å²) in [6.07, 6.45) is 5.48. The number of carbonyl (C=O) groups excluding carboxylic acids is 1. The molecular weight excluding hydrogens is 188 g/mol. The molecule has 0 aromatic heterocycles. The number of likely N-dealkylation sites (N-methyl/N-ethyl adjacent to an activating group) is 1. The van der Waals surface area contributed by atoms with Crippen LogP contribution in [0.4, 0.5) is 0 Å². The van der Waals surface area contributed by atoms with Gasteiger partial charge in [-0.15, -0.1) is 0 Å². The Hall–Kier alpha value is -0.410. The number of carbonyl (C=O) groups is 1. The minimum atomic E-state index is 0.255. The van der Waals surface area contributed by atoms with Crippen molar-refractivity contribution in [3.05, 3.63) is 0 Å². The van der Waals surface area contributed by atoms with Gasteiger partial charge in [0.05, 0.1) is 6.04 Å². The van der Waals surface area contributed by atoms with E-state index in [0.29, 0.717) is 5.78 Å². The molecule has 2 rings (SSSR count). The molecule has 15 heavy (non-hydrogen) atoms. The first-order chi connectivity index (χ1) is 7.27. The largest absolute Gasteiger partial charge is 0.305 e. The summed E-state index contributed by atoms with van der Waals surface area (Å²) < 4.78 is 0. The molecule has 1 heterocycles. The second-order valence-corrected chi connectivity index (χ2v) is 4.92. The summed E-state index contributed by atoms with van der Waals surface area (Å²) in [7, 11) is 2.17. The van der Waals surface area contributed by atoms with E-state index in [9.17, 15) is 4.79 Å². The predicted molar refractivity (Wildman–Crippen MR) is 61.0 cm³/mol. The summed E-state index contributed by atoms with van der Waals surface area (Å²) in [5, 5.41) is 0. The molecule has 0 spiro atoms. The second kappa shape index (κ2) is 5.08. The zero-order chi connectivity index (χ0) is 10.7. The zero-order valence-corrected chi connectivity index (χ0v) is 9.74. The van der Waals surface area contributed by atoms with Crippen molar-refractivity contribution in [1.29, 1.82) is 0 Å². The molecule has 0 N–H and O–H groups in total. The molecule has 0 amide bonds. The summed E-state index contributed by atoms with van der Waals surface area (Å²) in [6, 6.07) is 0.255. The SMILES string of the molecule is CN1CCCN(C2CCCCC2=O)CC1. The van der Waals surface area contributed by atoms with E-state index in [-0.39, 0.29) is 6.04 Å². The van der Waals surface area contributed by atoms with Crippen molar-refractivity contribution in [3.8, 4) is 0 Å². The molecule has 0 bridgehead atoms. The molecule has 1 unspecified atom stereocenters. The number of hydrogen-bond donors (Lipinski definition) is 0. The summed E-state index contributed by atoms with van der Waals surface area (Å²) in [5.41, 5.74) is 0. The topological polar surface area (TPSA) is 23.6 Å². The average molecular weight is 210 g/mol. The lowest BCUT2D eigenvalue weighted by molar-refractivity contribution is -0.126. The number of Topliss-reactive ketones (excluding diaryl/α,β-unsaturated/α-hetero) is 1. The first kappa shape index (κ1) is 11.1. The van der Waals surface area contributed by atoms with Crippen molar-refractivity contribution >= 4 is 5.78 Å². The second-order valence-electron chi connectivity index (χ2n) is 4.92. The van der Waals surface area contributed by atoms with Gasteiger partial charge in [0.15, 0.2) is 0 Å². The maximum atomic E-state index is 11.8. The van der Waals surface area contributed by atoms with E-state index in [1.165, 1.54) is 19.4 Å². The lowest BCUT2D eigenvalue weighted by Gasteiger charge is -2.32. The zero-order valence-electron chi connectivity index (χ0n) is 9.74. The highest BCUT2D eigenvalue weighted by molar-refractivity contribution is 5.84. The van der Waals surface area contributed by atoms with Crippen LogP contribution in [0.5, 0.6) is 0 Å². The highest BCUT2D eigenvalue weighted by Crippen LogP contribution is 2.20. The van der Waals surface area contributed by atoms with Crippen LogP contribution in [0.3, 0.4) is 0 Å². The smallest absolute Gasteiger partial charge is 0.149 e. The third kappa shape index (κ3) is 2.79. The molecule has 1 saturated heterocycles. The fourth-order valence-corrected chi connectivity index (χ4v) is 2.73. The van der Waals surface area contributed by atoms with Crippen LogP contribution < -0.4 is 0 Å². The minimum Gasteiger partial charge on any atom is -0.305 e. The number of nitrogens with zero attached hydrogens (tertiary/aromatic N) is 2. The van der Waals surface area contributed by atoms with E-state index in [0.717, 1.165) is 38.9 Å².